The van der Waals surface area contributed by atoms with Crippen LogP contribution < -0.4 is 15.8 Å². The summed E-state index contributed by atoms with van der Waals surface area (Å²) in [6.45, 7) is 0.754. The van der Waals surface area contributed by atoms with Crippen molar-refractivity contribution in [2.75, 3.05) is 24.7 Å². The first-order chi connectivity index (χ1) is 8.79. The van der Waals surface area contributed by atoms with Crippen LogP contribution in [-0.4, -0.2) is 32.8 Å². The quantitative estimate of drug-likeness (QED) is 0.513. The summed E-state index contributed by atoms with van der Waals surface area (Å²) in [5, 5.41) is 2.87. The van der Waals surface area contributed by atoms with Gasteiger partial charge in [0.2, 0.25) is 10.0 Å². The van der Waals surface area contributed by atoms with Crippen molar-refractivity contribution in [2.45, 2.75) is 6.42 Å². The molecule has 1 rings (SSSR count). The van der Waals surface area contributed by atoms with Gasteiger partial charge in [-0.1, -0.05) is 12.2 Å². The maximum Gasteiger partial charge on any atom is 0.208 e. The number of nitrogens with one attached hydrogen (secondary N) is 2. The van der Waals surface area contributed by atoms with Crippen LogP contribution in [-0.2, 0) is 10.0 Å². The van der Waals surface area contributed by atoms with E-state index in [2.05, 4.69) is 10.0 Å². The lowest BCUT2D eigenvalue weighted by atomic mass is 10.2. The average Bonchev–Trinajstić information content (AvgIpc) is 2.28. The van der Waals surface area contributed by atoms with E-state index in [-0.39, 0.29) is 4.99 Å². The van der Waals surface area contributed by atoms with Gasteiger partial charge in [0.15, 0.2) is 0 Å². The summed E-state index contributed by atoms with van der Waals surface area (Å²) < 4.78 is 37.6. The van der Waals surface area contributed by atoms with Crippen LogP contribution in [0.4, 0.5) is 10.1 Å². The van der Waals surface area contributed by atoms with Gasteiger partial charge in [-0.2, -0.15) is 0 Å². The minimum Gasteiger partial charge on any atom is -0.389 e. The number of nitrogens with two attached hydrogens (primary N) is 1. The normalized spacial score (nSPS) is 11.3. The maximum absolute atomic E-state index is 13.6. The molecule has 0 aliphatic rings. The highest BCUT2D eigenvalue weighted by Gasteiger charge is 2.05. The summed E-state index contributed by atoms with van der Waals surface area (Å²) in [6, 6.07) is 4.44. The molecule has 0 unspecified atom stereocenters. The van der Waals surface area contributed by atoms with E-state index in [0.717, 1.165) is 6.26 Å². The third-order valence-electron chi connectivity index (χ3n) is 2.29. The van der Waals surface area contributed by atoms with Crippen molar-refractivity contribution in [3.05, 3.63) is 29.6 Å². The fourth-order valence-electron chi connectivity index (χ4n) is 1.38. The highest BCUT2D eigenvalue weighted by molar-refractivity contribution is 7.88. The molecule has 0 radical (unpaired) electrons. The smallest absolute Gasteiger partial charge is 0.208 e. The first kappa shape index (κ1) is 15.8. The lowest BCUT2D eigenvalue weighted by Crippen LogP contribution is -2.24. The Hall–Kier alpha value is -1.25. The Morgan fingerprint density at radius 3 is 2.63 bits per heavy atom. The van der Waals surface area contributed by atoms with Gasteiger partial charge in [-0.15, -0.1) is 0 Å². The monoisotopic (exact) mass is 305 g/mol. The molecule has 4 N–H and O–H groups in total. The molecule has 0 aliphatic carbocycles. The molecule has 1 aromatic carbocycles. The van der Waals surface area contributed by atoms with Crippen LogP contribution in [0.25, 0.3) is 0 Å². The summed E-state index contributed by atoms with van der Waals surface area (Å²) in [4.78, 5) is 0.141. The van der Waals surface area contributed by atoms with Gasteiger partial charge in [-0.05, 0) is 24.6 Å². The first-order valence-electron chi connectivity index (χ1n) is 5.57. The summed E-state index contributed by atoms with van der Waals surface area (Å²) in [5.41, 5.74) is 6.19. The third kappa shape index (κ3) is 5.95. The van der Waals surface area contributed by atoms with Crippen LogP contribution in [0.15, 0.2) is 18.2 Å². The fourth-order valence-corrected chi connectivity index (χ4v) is 2.02. The van der Waals surface area contributed by atoms with Gasteiger partial charge in [0.05, 0.1) is 11.9 Å². The van der Waals surface area contributed by atoms with Crippen LogP contribution in [0.1, 0.15) is 12.0 Å². The van der Waals surface area contributed by atoms with Gasteiger partial charge in [-0.25, -0.2) is 17.5 Å². The molecule has 106 valence electrons. The number of hydrogen-bond donors (Lipinski definition) is 3. The summed E-state index contributed by atoms with van der Waals surface area (Å²) in [7, 11) is -3.17. The molecule has 19 heavy (non-hydrogen) atoms. The molecule has 0 aliphatic heterocycles. The number of rotatable bonds is 7. The predicted molar refractivity (Wildman–Crippen MR) is 78.2 cm³/mol. The Balaban J connectivity index is 2.44. The van der Waals surface area contributed by atoms with Crippen LogP contribution in [0.5, 0.6) is 0 Å². The number of hydrogen-bond acceptors (Lipinski definition) is 4. The van der Waals surface area contributed by atoms with E-state index in [0.29, 0.717) is 30.8 Å². The molecule has 5 nitrogen and oxygen atoms in total. The van der Waals surface area contributed by atoms with Gasteiger partial charge in [0.25, 0.3) is 0 Å². The minimum atomic E-state index is -3.17. The summed E-state index contributed by atoms with van der Waals surface area (Å²) in [6.07, 6.45) is 1.64. The Kier molecular flexibility index (Phi) is 5.64. The molecule has 0 aromatic heterocycles. The molecule has 8 heteroatoms. The highest BCUT2D eigenvalue weighted by atomic mass is 32.2. The predicted octanol–water partition coefficient (Wildman–Crippen LogP) is 0.811. The zero-order chi connectivity index (χ0) is 14.5. The number of anilines is 1. The minimum absolute atomic E-state index is 0.141. The standard InChI is InChI=1S/C11H16FN3O2S2/c1-19(16,17)15-6-2-5-14-10-4-3-8(11(13)18)7-9(10)12/h3-4,7,14-15H,2,5-6H2,1H3,(H2,13,18). The van der Waals surface area contributed by atoms with E-state index in [1.807, 2.05) is 0 Å². The number of sulfonamides is 1. The molecular weight excluding hydrogens is 289 g/mol. The molecule has 0 saturated carbocycles. The van der Waals surface area contributed by atoms with Crippen molar-refractivity contribution in [3.63, 3.8) is 0 Å². The van der Waals surface area contributed by atoms with Gasteiger partial charge in [0, 0.05) is 18.7 Å². The molecule has 0 spiro atoms. The molecule has 0 fully saturated rings. The highest BCUT2D eigenvalue weighted by Crippen LogP contribution is 2.15. The van der Waals surface area contributed by atoms with Gasteiger partial charge < -0.3 is 11.1 Å². The Morgan fingerprint density at radius 1 is 1.42 bits per heavy atom. The topological polar surface area (TPSA) is 84.2 Å². The molecule has 0 heterocycles. The van der Waals surface area contributed by atoms with E-state index in [4.69, 9.17) is 18.0 Å². The van der Waals surface area contributed by atoms with Crippen molar-refractivity contribution < 1.29 is 12.8 Å². The SMILES string of the molecule is CS(=O)(=O)NCCCNc1ccc(C(N)=S)cc1F. The molecule has 0 amide bonds. The van der Waals surface area contributed by atoms with Crippen molar-refractivity contribution in [1.82, 2.24) is 4.72 Å². The Labute approximate surface area is 117 Å². The maximum atomic E-state index is 13.6. The summed E-state index contributed by atoms with van der Waals surface area (Å²) in [5.74, 6) is -0.443. The first-order valence-corrected chi connectivity index (χ1v) is 7.87. The van der Waals surface area contributed by atoms with Crippen molar-refractivity contribution in [1.29, 1.82) is 0 Å². The van der Waals surface area contributed by atoms with E-state index in [9.17, 15) is 12.8 Å². The molecule has 0 bridgehead atoms. The van der Waals surface area contributed by atoms with Crippen LogP contribution in [0.3, 0.4) is 0 Å². The van der Waals surface area contributed by atoms with Gasteiger partial charge >= 0.3 is 0 Å². The van der Waals surface area contributed by atoms with E-state index in [1.54, 1.807) is 12.1 Å². The molecule has 1 aromatic rings. The zero-order valence-electron chi connectivity index (χ0n) is 10.4. The van der Waals surface area contributed by atoms with Crippen LogP contribution in [0, 0.1) is 5.82 Å². The number of benzene rings is 1. The van der Waals surface area contributed by atoms with Gasteiger partial charge in [-0.3, -0.25) is 0 Å². The fraction of sp³-hybridized carbons (Fsp3) is 0.364. The molecule has 0 saturated heterocycles. The zero-order valence-corrected chi connectivity index (χ0v) is 12.1. The summed E-state index contributed by atoms with van der Waals surface area (Å²) >= 11 is 4.75. The lowest BCUT2D eigenvalue weighted by molar-refractivity contribution is 0.586. The number of thiocarbonyl (C=S) groups is 1. The molecule has 0 atom stereocenters. The van der Waals surface area contributed by atoms with E-state index < -0.39 is 15.8 Å². The second kappa shape index (κ2) is 6.78. The van der Waals surface area contributed by atoms with Crippen LogP contribution in [0.2, 0.25) is 0 Å². The number of halogens is 1. The largest absolute Gasteiger partial charge is 0.389 e. The van der Waals surface area contributed by atoms with E-state index >= 15 is 0 Å². The van der Waals surface area contributed by atoms with Crippen LogP contribution >= 0.6 is 12.2 Å². The van der Waals surface area contributed by atoms with Crippen molar-refractivity contribution in [2.24, 2.45) is 5.73 Å². The molecular formula is C11H16FN3O2S2. The Morgan fingerprint density at radius 2 is 2.11 bits per heavy atom. The van der Waals surface area contributed by atoms with Gasteiger partial charge in [0.1, 0.15) is 10.8 Å². The second-order valence-corrected chi connectivity index (χ2v) is 6.28. The third-order valence-corrected chi connectivity index (χ3v) is 3.25. The Bertz CT molecular complexity index is 561. The van der Waals surface area contributed by atoms with Crippen molar-refractivity contribution >= 4 is 32.9 Å². The lowest BCUT2D eigenvalue weighted by Gasteiger charge is -2.09. The second-order valence-electron chi connectivity index (χ2n) is 4.01. The average molecular weight is 305 g/mol. The van der Waals surface area contributed by atoms with E-state index in [1.165, 1.54) is 6.07 Å². The van der Waals surface area contributed by atoms with Crippen molar-refractivity contribution in [3.8, 4) is 0 Å².